The molecule has 0 saturated carbocycles. The number of nitrogens with zero attached hydrogens (tertiary/aromatic N) is 2. The van der Waals surface area contributed by atoms with Crippen molar-refractivity contribution in [3.8, 4) is 0 Å². The zero-order valence-electron chi connectivity index (χ0n) is 17.9. The maximum atomic E-state index is 12.4. The summed E-state index contributed by atoms with van der Waals surface area (Å²) in [6, 6.07) is 15.0. The lowest BCUT2D eigenvalue weighted by molar-refractivity contribution is -0.119. The number of sulfonamides is 1. The molecule has 0 atom stereocenters. The van der Waals surface area contributed by atoms with Gasteiger partial charge in [0.05, 0.1) is 17.7 Å². The second-order valence-corrected chi connectivity index (χ2v) is 10.0. The van der Waals surface area contributed by atoms with Crippen molar-refractivity contribution in [2.24, 2.45) is 5.10 Å². The van der Waals surface area contributed by atoms with Crippen molar-refractivity contribution >= 4 is 27.3 Å². The third kappa shape index (κ3) is 6.15. The van der Waals surface area contributed by atoms with Crippen molar-refractivity contribution in [3.05, 3.63) is 65.2 Å². The Balaban J connectivity index is 2.13. The van der Waals surface area contributed by atoms with Gasteiger partial charge in [-0.25, -0.2) is 13.8 Å². The number of rotatable bonds is 6. The van der Waals surface area contributed by atoms with Gasteiger partial charge in [-0.2, -0.15) is 5.10 Å². The molecule has 0 aliphatic rings. The highest BCUT2D eigenvalue weighted by molar-refractivity contribution is 7.92. The topological polar surface area (TPSA) is 78.8 Å². The van der Waals surface area contributed by atoms with E-state index < -0.39 is 15.9 Å². The molecule has 0 saturated heterocycles. The average Bonchev–Trinajstić information content (AvgIpc) is 2.63. The number of aryl methyl sites for hydroxylation is 1. The molecule has 0 radical (unpaired) electrons. The van der Waals surface area contributed by atoms with Crippen LogP contribution in [0.2, 0.25) is 0 Å². The maximum absolute atomic E-state index is 12.4. The summed E-state index contributed by atoms with van der Waals surface area (Å²) in [5.41, 5.74) is 6.50. The molecule has 2 aromatic rings. The predicted octanol–water partition coefficient (Wildman–Crippen LogP) is 3.60. The van der Waals surface area contributed by atoms with E-state index in [1.165, 1.54) is 5.56 Å². The SMILES string of the molecule is C/C(=N/NC(=O)CN(c1ccccc1C)S(C)(=O)=O)c1ccc(C(C)(C)C)cc1. The molecule has 2 rings (SSSR count). The third-order valence-electron chi connectivity index (χ3n) is 4.59. The number of hydrogen-bond donors (Lipinski definition) is 1. The summed E-state index contributed by atoms with van der Waals surface area (Å²) < 4.78 is 25.5. The second-order valence-electron chi connectivity index (χ2n) is 8.12. The van der Waals surface area contributed by atoms with E-state index in [4.69, 9.17) is 0 Å². The number of amides is 1. The Morgan fingerprint density at radius 2 is 1.66 bits per heavy atom. The molecule has 7 heteroatoms. The van der Waals surface area contributed by atoms with Gasteiger partial charge >= 0.3 is 0 Å². The number of nitrogens with one attached hydrogen (secondary N) is 1. The second kappa shape index (κ2) is 8.78. The molecule has 0 aliphatic heterocycles. The van der Waals surface area contributed by atoms with Gasteiger partial charge in [0, 0.05) is 0 Å². The molecule has 29 heavy (non-hydrogen) atoms. The number of para-hydroxylation sites is 1. The maximum Gasteiger partial charge on any atom is 0.260 e. The third-order valence-corrected chi connectivity index (χ3v) is 5.72. The minimum atomic E-state index is -3.62. The van der Waals surface area contributed by atoms with E-state index in [1.807, 2.05) is 30.3 Å². The van der Waals surface area contributed by atoms with Gasteiger partial charge in [-0.1, -0.05) is 63.2 Å². The molecule has 2 aromatic carbocycles. The van der Waals surface area contributed by atoms with Crippen LogP contribution in [-0.4, -0.2) is 32.8 Å². The molecular formula is C22H29N3O3S. The van der Waals surface area contributed by atoms with E-state index >= 15 is 0 Å². The molecule has 0 fully saturated rings. The number of carbonyl (C=O) groups is 1. The van der Waals surface area contributed by atoms with Crippen molar-refractivity contribution in [3.63, 3.8) is 0 Å². The van der Waals surface area contributed by atoms with Crippen LogP contribution in [0, 0.1) is 6.92 Å². The van der Waals surface area contributed by atoms with E-state index in [0.717, 1.165) is 21.7 Å². The minimum absolute atomic E-state index is 0.0580. The smallest absolute Gasteiger partial charge is 0.260 e. The first-order chi connectivity index (χ1) is 13.4. The van der Waals surface area contributed by atoms with Gasteiger partial charge < -0.3 is 0 Å². The van der Waals surface area contributed by atoms with Gasteiger partial charge in [0.1, 0.15) is 6.54 Å². The quantitative estimate of drug-likeness (QED) is 0.578. The van der Waals surface area contributed by atoms with Gasteiger partial charge in [0.2, 0.25) is 10.0 Å². The Bertz CT molecular complexity index is 1000. The molecule has 1 amide bonds. The zero-order valence-corrected chi connectivity index (χ0v) is 18.7. The summed E-state index contributed by atoms with van der Waals surface area (Å²) in [6.45, 7) is 9.68. The number of benzene rings is 2. The molecule has 1 N–H and O–H groups in total. The van der Waals surface area contributed by atoms with Crippen LogP contribution in [0.25, 0.3) is 0 Å². The number of hydrazone groups is 1. The fourth-order valence-electron chi connectivity index (χ4n) is 2.81. The van der Waals surface area contributed by atoms with Gasteiger partial charge in [-0.3, -0.25) is 9.10 Å². The summed E-state index contributed by atoms with van der Waals surface area (Å²) in [4.78, 5) is 12.4. The van der Waals surface area contributed by atoms with Crippen LogP contribution in [0.15, 0.2) is 53.6 Å². The number of anilines is 1. The highest BCUT2D eigenvalue weighted by Crippen LogP contribution is 2.23. The Hall–Kier alpha value is -2.67. The van der Waals surface area contributed by atoms with Crippen molar-refractivity contribution in [1.29, 1.82) is 0 Å². The van der Waals surface area contributed by atoms with Crippen LogP contribution in [0.5, 0.6) is 0 Å². The van der Waals surface area contributed by atoms with Crippen molar-refractivity contribution in [2.75, 3.05) is 17.1 Å². The van der Waals surface area contributed by atoms with Crippen LogP contribution in [0.3, 0.4) is 0 Å². The highest BCUT2D eigenvalue weighted by Gasteiger charge is 2.22. The molecule has 156 valence electrons. The van der Waals surface area contributed by atoms with Gasteiger partial charge in [0.25, 0.3) is 5.91 Å². The summed E-state index contributed by atoms with van der Waals surface area (Å²) in [6.07, 6.45) is 1.08. The van der Waals surface area contributed by atoms with Crippen LogP contribution in [0.4, 0.5) is 5.69 Å². The summed E-state index contributed by atoms with van der Waals surface area (Å²) >= 11 is 0. The Kier molecular flexibility index (Phi) is 6.85. The first-order valence-electron chi connectivity index (χ1n) is 9.37. The van der Waals surface area contributed by atoms with Crippen LogP contribution < -0.4 is 9.73 Å². The van der Waals surface area contributed by atoms with E-state index in [1.54, 1.807) is 32.0 Å². The Labute approximate surface area is 173 Å². The summed E-state index contributed by atoms with van der Waals surface area (Å²) in [5.74, 6) is -0.510. The van der Waals surface area contributed by atoms with Gasteiger partial charge in [-0.05, 0) is 42.0 Å². The monoisotopic (exact) mass is 415 g/mol. The first-order valence-corrected chi connectivity index (χ1v) is 11.2. The molecule has 6 nitrogen and oxygen atoms in total. The van der Waals surface area contributed by atoms with Crippen molar-refractivity contribution < 1.29 is 13.2 Å². The molecule has 0 unspecified atom stereocenters. The predicted molar refractivity (Wildman–Crippen MR) is 119 cm³/mol. The van der Waals surface area contributed by atoms with E-state index in [9.17, 15) is 13.2 Å². The largest absolute Gasteiger partial charge is 0.271 e. The van der Waals surface area contributed by atoms with E-state index in [-0.39, 0.29) is 12.0 Å². The van der Waals surface area contributed by atoms with Gasteiger partial charge in [0.15, 0.2) is 0 Å². The normalized spacial score (nSPS) is 12.6. The molecule has 0 aromatic heterocycles. The Morgan fingerprint density at radius 1 is 1.07 bits per heavy atom. The molecule has 0 aliphatic carbocycles. The minimum Gasteiger partial charge on any atom is -0.271 e. The number of carbonyl (C=O) groups excluding carboxylic acids is 1. The summed E-state index contributed by atoms with van der Waals surface area (Å²) in [7, 11) is -3.62. The van der Waals surface area contributed by atoms with Crippen molar-refractivity contribution in [2.45, 2.75) is 40.0 Å². The van der Waals surface area contributed by atoms with Crippen LogP contribution in [-0.2, 0) is 20.2 Å². The van der Waals surface area contributed by atoms with Crippen LogP contribution >= 0.6 is 0 Å². The summed E-state index contributed by atoms with van der Waals surface area (Å²) in [5, 5.41) is 4.13. The highest BCUT2D eigenvalue weighted by atomic mass is 32.2. The number of hydrogen-bond acceptors (Lipinski definition) is 4. The van der Waals surface area contributed by atoms with E-state index in [0.29, 0.717) is 11.4 Å². The molecular weight excluding hydrogens is 386 g/mol. The standard InChI is InChI=1S/C22H29N3O3S/c1-16-9-7-8-10-20(16)25(29(6,27)28)15-21(26)24-23-17(2)18-11-13-19(14-12-18)22(3,4)5/h7-14H,15H2,1-6H3,(H,24,26)/b23-17-. The average molecular weight is 416 g/mol. The molecule has 0 spiro atoms. The lowest BCUT2D eigenvalue weighted by atomic mass is 9.86. The van der Waals surface area contributed by atoms with E-state index in [2.05, 4.69) is 31.3 Å². The zero-order chi connectivity index (χ0) is 21.8. The molecule has 0 heterocycles. The van der Waals surface area contributed by atoms with Crippen LogP contribution in [0.1, 0.15) is 44.4 Å². The Morgan fingerprint density at radius 3 is 2.17 bits per heavy atom. The lowest BCUT2D eigenvalue weighted by Crippen LogP contribution is -2.39. The first kappa shape index (κ1) is 22.6. The fraction of sp³-hybridized carbons (Fsp3) is 0.364. The lowest BCUT2D eigenvalue weighted by Gasteiger charge is -2.23. The molecule has 0 bridgehead atoms. The fourth-order valence-corrected chi connectivity index (χ4v) is 3.73. The van der Waals surface area contributed by atoms with Crippen molar-refractivity contribution in [1.82, 2.24) is 5.43 Å². The van der Waals surface area contributed by atoms with Gasteiger partial charge in [-0.15, -0.1) is 0 Å².